The van der Waals surface area contributed by atoms with Gasteiger partial charge in [0, 0.05) is 16.6 Å². The van der Waals surface area contributed by atoms with Crippen LogP contribution in [-0.4, -0.2) is 37.0 Å². The first-order valence-electron chi connectivity index (χ1n) is 7.67. The van der Waals surface area contributed by atoms with Crippen molar-refractivity contribution < 1.29 is 14.3 Å². The number of anilines is 1. The van der Waals surface area contributed by atoms with Gasteiger partial charge in [0.2, 0.25) is 5.91 Å². The lowest BCUT2D eigenvalue weighted by molar-refractivity contribution is -0.125. The van der Waals surface area contributed by atoms with E-state index in [9.17, 15) is 9.59 Å². The van der Waals surface area contributed by atoms with Crippen LogP contribution < -0.4 is 20.7 Å². The van der Waals surface area contributed by atoms with E-state index in [0.717, 1.165) is 17.3 Å². The summed E-state index contributed by atoms with van der Waals surface area (Å²) in [6, 6.07) is 5.35. The van der Waals surface area contributed by atoms with Gasteiger partial charge in [-0.2, -0.15) is 0 Å². The van der Waals surface area contributed by atoms with Gasteiger partial charge in [-0.3, -0.25) is 14.5 Å². The molecule has 0 atom stereocenters. The maximum atomic E-state index is 12.2. The molecule has 0 radical (unpaired) electrons. The summed E-state index contributed by atoms with van der Waals surface area (Å²) in [5.41, 5.74) is 6.37. The molecular weight excluding hydrogens is 398 g/mol. The number of amides is 2. The lowest BCUT2D eigenvalue weighted by atomic mass is 9.94. The Morgan fingerprint density at radius 1 is 1.42 bits per heavy atom. The summed E-state index contributed by atoms with van der Waals surface area (Å²) in [6.07, 6.45) is 1.55. The monoisotopic (exact) mass is 419 g/mol. The van der Waals surface area contributed by atoms with Gasteiger partial charge < -0.3 is 15.8 Å². The number of carbonyl (C=O) groups excluding carboxylic acids is 2. The molecule has 2 amide bonds. The summed E-state index contributed by atoms with van der Waals surface area (Å²) < 4.78 is 6.26. The molecule has 3 N–H and O–H groups in total. The van der Waals surface area contributed by atoms with Crippen molar-refractivity contribution in [1.82, 2.24) is 5.32 Å². The van der Waals surface area contributed by atoms with E-state index < -0.39 is 5.54 Å². The number of hydrogen-bond acceptors (Lipinski definition) is 4. The van der Waals surface area contributed by atoms with E-state index in [4.69, 9.17) is 10.5 Å². The summed E-state index contributed by atoms with van der Waals surface area (Å²) >= 11 is 3.36. The minimum atomic E-state index is -0.409. The Labute approximate surface area is 156 Å². The molecule has 0 spiro atoms. The van der Waals surface area contributed by atoms with E-state index in [1.54, 1.807) is 12.1 Å². The summed E-state index contributed by atoms with van der Waals surface area (Å²) in [7, 11) is 0. The molecule has 1 aromatic carbocycles. The molecule has 1 aromatic rings. The van der Waals surface area contributed by atoms with Gasteiger partial charge in [-0.15, -0.1) is 12.4 Å². The molecule has 1 heterocycles. The minimum Gasteiger partial charge on any atom is -0.482 e. The minimum absolute atomic E-state index is 0. The Kier molecular flexibility index (Phi) is 7.51. The van der Waals surface area contributed by atoms with E-state index >= 15 is 0 Å². The fourth-order valence-electron chi connectivity index (χ4n) is 2.33. The molecule has 0 aliphatic carbocycles. The highest BCUT2D eigenvalue weighted by Crippen LogP contribution is 2.34. The third kappa shape index (κ3) is 4.84. The first kappa shape index (κ1) is 20.7. The van der Waals surface area contributed by atoms with E-state index in [-0.39, 0.29) is 37.4 Å². The van der Waals surface area contributed by atoms with Gasteiger partial charge in [-0.1, -0.05) is 29.8 Å². The molecule has 6 nitrogen and oxygen atoms in total. The lowest BCUT2D eigenvalue weighted by Gasteiger charge is -2.30. The molecule has 134 valence electrons. The van der Waals surface area contributed by atoms with Crippen LogP contribution in [0.3, 0.4) is 0 Å². The largest absolute Gasteiger partial charge is 0.482 e. The van der Waals surface area contributed by atoms with Gasteiger partial charge in [0.1, 0.15) is 12.3 Å². The molecule has 24 heavy (non-hydrogen) atoms. The Balaban J connectivity index is 0.00000288. The normalized spacial score (nSPS) is 13.7. The predicted molar refractivity (Wildman–Crippen MR) is 99.7 cm³/mol. The average Bonchev–Trinajstić information content (AvgIpc) is 2.55. The van der Waals surface area contributed by atoms with Crippen LogP contribution in [0.25, 0.3) is 0 Å². The SMILES string of the molecule is CCC(N)(CC)CNC(=O)CN1C(=O)COc2cc(Br)ccc21.Cl. The molecule has 1 aliphatic heterocycles. The van der Waals surface area contributed by atoms with Gasteiger partial charge in [0.25, 0.3) is 5.91 Å². The van der Waals surface area contributed by atoms with Crippen LogP contribution >= 0.6 is 28.3 Å². The van der Waals surface area contributed by atoms with Crippen molar-refractivity contribution in [3.63, 3.8) is 0 Å². The number of halogens is 2. The van der Waals surface area contributed by atoms with Crippen LogP contribution in [0.1, 0.15) is 26.7 Å². The first-order valence-corrected chi connectivity index (χ1v) is 8.46. The fourth-order valence-corrected chi connectivity index (χ4v) is 2.67. The summed E-state index contributed by atoms with van der Waals surface area (Å²) in [5.74, 6) is 0.118. The van der Waals surface area contributed by atoms with Crippen molar-refractivity contribution in [3.8, 4) is 5.75 Å². The number of benzene rings is 1. The van der Waals surface area contributed by atoms with Crippen LogP contribution in [0.2, 0.25) is 0 Å². The molecule has 8 heteroatoms. The van der Waals surface area contributed by atoms with Crippen molar-refractivity contribution >= 4 is 45.8 Å². The van der Waals surface area contributed by atoms with Crippen molar-refractivity contribution in [3.05, 3.63) is 22.7 Å². The Hall–Kier alpha value is -1.31. The molecule has 0 bridgehead atoms. The third-order valence-electron chi connectivity index (χ3n) is 4.21. The highest BCUT2D eigenvalue weighted by Gasteiger charge is 2.28. The standard InChI is InChI=1S/C16H22BrN3O3.ClH/c1-3-16(18,4-2)10-19-14(21)8-20-12-6-5-11(17)7-13(12)23-9-15(20)22;/h5-7H,3-4,8-10,18H2,1-2H3,(H,19,21);1H. The number of nitrogens with zero attached hydrogens (tertiary/aromatic N) is 1. The van der Waals surface area contributed by atoms with E-state index in [2.05, 4.69) is 21.2 Å². The molecule has 2 rings (SSSR count). The second-order valence-corrected chi connectivity index (χ2v) is 6.64. The number of carbonyl (C=O) groups is 2. The van der Waals surface area contributed by atoms with Gasteiger partial charge in [0.05, 0.1) is 5.69 Å². The molecule has 0 fully saturated rings. The van der Waals surface area contributed by atoms with Crippen LogP contribution in [0.4, 0.5) is 5.69 Å². The van der Waals surface area contributed by atoms with Gasteiger partial charge in [0.15, 0.2) is 6.61 Å². The molecule has 0 aromatic heterocycles. The summed E-state index contributed by atoms with van der Waals surface area (Å²) in [6.45, 7) is 4.27. The van der Waals surface area contributed by atoms with Crippen molar-refractivity contribution in [2.24, 2.45) is 5.73 Å². The fraction of sp³-hybridized carbons (Fsp3) is 0.500. The smallest absolute Gasteiger partial charge is 0.265 e. The molecule has 0 unspecified atom stereocenters. The summed E-state index contributed by atoms with van der Waals surface area (Å²) in [5, 5.41) is 2.83. The van der Waals surface area contributed by atoms with Crippen molar-refractivity contribution in [2.75, 3.05) is 24.6 Å². The lowest BCUT2D eigenvalue weighted by Crippen LogP contribution is -2.52. The number of ether oxygens (including phenoxy) is 1. The number of rotatable bonds is 6. The maximum absolute atomic E-state index is 12.2. The third-order valence-corrected chi connectivity index (χ3v) is 4.71. The zero-order chi connectivity index (χ0) is 17.0. The Bertz CT molecular complexity index is 608. The zero-order valence-corrected chi connectivity index (χ0v) is 16.2. The van der Waals surface area contributed by atoms with E-state index in [1.165, 1.54) is 4.90 Å². The number of nitrogens with two attached hydrogens (primary N) is 1. The Morgan fingerprint density at radius 3 is 2.71 bits per heavy atom. The predicted octanol–water partition coefficient (Wildman–Crippen LogP) is 2.23. The highest BCUT2D eigenvalue weighted by atomic mass is 79.9. The van der Waals surface area contributed by atoms with Crippen molar-refractivity contribution in [2.45, 2.75) is 32.2 Å². The van der Waals surface area contributed by atoms with Crippen LogP contribution in [-0.2, 0) is 9.59 Å². The van der Waals surface area contributed by atoms with Crippen LogP contribution in [0, 0.1) is 0 Å². The molecule has 1 aliphatic rings. The number of fused-ring (bicyclic) bond motifs is 1. The highest BCUT2D eigenvalue weighted by molar-refractivity contribution is 9.10. The molecule has 0 saturated heterocycles. The van der Waals surface area contributed by atoms with Gasteiger partial charge in [-0.05, 0) is 31.0 Å². The van der Waals surface area contributed by atoms with Crippen LogP contribution in [0.5, 0.6) is 5.75 Å². The van der Waals surface area contributed by atoms with E-state index in [1.807, 2.05) is 19.9 Å². The number of hydrogen-bond donors (Lipinski definition) is 2. The topological polar surface area (TPSA) is 84.7 Å². The Morgan fingerprint density at radius 2 is 2.08 bits per heavy atom. The quantitative estimate of drug-likeness (QED) is 0.739. The van der Waals surface area contributed by atoms with E-state index in [0.29, 0.717) is 18.0 Å². The number of nitrogens with one attached hydrogen (secondary N) is 1. The molecular formula is C16H23BrClN3O3. The van der Waals surface area contributed by atoms with Crippen LogP contribution in [0.15, 0.2) is 22.7 Å². The molecule has 0 saturated carbocycles. The second-order valence-electron chi connectivity index (χ2n) is 5.73. The second kappa shape index (κ2) is 8.69. The van der Waals surface area contributed by atoms with Gasteiger partial charge in [-0.25, -0.2) is 0 Å². The average molecular weight is 421 g/mol. The maximum Gasteiger partial charge on any atom is 0.265 e. The zero-order valence-electron chi connectivity index (χ0n) is 13.8. The van der Waals surface area contributed by atoms with Crippen molar-refractivity contribution in [1.29, 1.82) is 0 Å². The first-order chi connectivity index (χ1) is 10.9. The van der Waals surface area contributed by atoms with Gasteiger partial charge >= 0.3 is 0 Å². The summed E-state index contributed by atoms with van der Waals surface area (Å²) in [4.78, 5) is 25.7.